The van der Waals surface area contributed by atoms with Crippen LogP contribution in [0.15, 0.2) is 0 Å². The zero-order valence-electron chi connectivity index (χ0n) is 38.4. The first-order valence-electron chi connectivity index (χ1n) is 24.2. The first-order valence-corrected chi connectivity index (χ1v) is 24.2. The van der Waals surface area contributed by atoms with E-state index in [1.807, 2.05) is 6.92 Å². The Bertz CT molecular complexity index is 1580. The smallest absolute Gasteiger partial charge is 0.187 e. The topological polar surface area (TPSA) is 296 Å². The minimum absolute atomic E-state index is 0.0271. The molecule has 4 aliphatic carbocycles. The molecular weight excluding hydrogens is 856 g/mol. The summed E-state index contributed by atoms with van der Waals surface area (Å²) in [4.78, 5) is 0. The van der Waals surface area contributed by atoms with Crippen LogP contribution >= 0.6 is 0 Å². The molecule has 65 heavy (non-hydrogen) atoms. The van der Waals surface area contributed by atoms with Crippen LogP contribution in [-0.4, -0.2) is 200 Å². The SMILES string of the molecule is COC1(CC[C@@H](C)CO[C@H]2O[C@@H](CO)[C@H](O)[C@@H](O)[C@@H]2O)OC2CC3C4CCC5C[C@H](O[C@H]6O[C@@H](CO)[C@@H](O)[C@@H](O)[C@@H]6O[C@H]6O[C@@H](CO)[C@H](O)[C@@H](O)[C@@H]6O)CC[C@@]5(C)C4CC[C@@]3(C)C2[C@H]1C. The van der Waals surface area contributed by atoms with Crippen molar-refractivity contribution in [1.82, 2.24) is 0 Å². The first kappa shape index (κ1) is 50.6. The van der Waals surface area contributed by atoms with E-state index in [1.165, 1.54) is 0 Å². The van der Waals surface area contributed by atoms with Crippen molar-refractivity contribution in [3.63, 3.8) is 0 Å². The summed E-state index contributed by atoms with van der Waals surface area (Å²) in [5, 5.41) is 113. The molecule has 19 nitrogen and oxygen atoms in total. The van der Waals surface area contributed by atoms with Gasteiger partial charge in [0.25, 0.3) is 0 Å². The lowest BCUT2D eigenvalue weighted by molar-refractivity contribution is -0.373. The minimum Gasteiger partial charge on any atom is -0.394 e. The normalized spacial score (nSPS) is 54.9. The van der Waals surface area contributed by atoms with Crippen LogP contribution in [0.3, 0.4) is 0 Å². The molecule has 0 radical (unpaired) electrons. The maximum atomic E-state index is 11.2. The second-order valence-electron chi connectivity index (χ2n) is 21.6. The highest BCUT2D eigenvalue weighted by Crippen LogP contribution is 2.71. The van der Waals surface area contributed by atoms with Crippen molar-refractivity contribution >= 4 is 0 Å². The van der Waals surface area contributed by atoms with Crippen LogP contribution in [0.1, 0.15) is 91.9 Å². The molecule has 4 heterocycles. The molecule has 11 N–H and O–H groups in total. The Balaban J connectivity index is 0.880. The van der Waals surface area contributed by atoms with Crippen molar-refractivity contribution in [2.24, 2.45) is 52.3 Å². The molecule has 27 atom stereocenters. The summed E-state index contributed by atoms with van der Waals surface area (Å²) in [7, 11) is 1.73. The monoisotopic (exact) mass is 935 g/mol. The molecule has 4 saturated carbocycles. The van der Waals surface area contributed by atoms with E-state index in [2.05, 4.69) is 20.8 Å². The van der Waals surface area contributed by atoms with E-state index in [4.69, 9.17) is 37.9 Å². The van der Waals surface area contributed by atoms with Gasteiger partial charge in [0.2, 0.25) is 0 Å². The van der Waals surface area contributed by atoms with Crippen LogP contribution in [0.5, 0.6) is 0 Å². The fourth-order valence-corrected chi connectivity index (χ4v) is 14.5. The molecule has 8 aliphatic rings. The van der Waals surface area contributed by atoms with Gasteiger partial charge in [0.15, 0.2) is 24.7 Å². The van der Waals surface area contributed by atoms with Gasteiger partial charge in [-0.05, 0) is 104 Å². The van der Waals surface area contributed by atoms with Gasteiger partial charge in [0.05, 0.1) is 38.6 Å². The highest BCUT2D eigenvalue weighted by molar-refractivity contribution is 5.15. The minimum atomic E-state index is -1.74. The number of hydrogen-bond acceptors (Lipinski definition) is 19. The lowest BCUT2D eigenvalue weighted by Crippen LogP contribution is -2.65. The van der Waals surface area contributed by atoms with Gasteiger partial charge in [-0.3, -0.25) is 0 Å². The largest absolute Gasteiger partial charge is 0.394 e. The van der Waals surface area contributed by atoms with Crippen molar-refractivity contribution in [2.45, 2.75) is 202 Å². The van der Waals surface area contributed by atoms with Crippen molar-refractivity contribution in [3.05, 3.63) is 0 Å². The molecule has 0 aromatic heterocycles. The van der Waals surface area contributed by atoms with Gasteiger partial charge in [-0.25, -0.2) is 0 Å². The summed E-state index contributed by atoms with van der Waals surface area (Å²) in [6.07, 6.45) is -12.7. The maximum Gasteiger partial charge on any atom is 0.187 e. The van der Waals surface area contributed by atoms with E-state index in [0.29, 0.717) is 48.9 Å². The van der Waals surface area contributed by atoms with Gasteiger partial charge >= 0.3 is 0 Å². The van der Waals surface area contributed by atoms with Crippen LogP contribution in [0.4, 0.5) is 0 Å². The number of hydrogen-bond donors (Lipinski definition) is 11. The highest BCUT2D eigenvalue weighted by atomic mass is 16.8. The molecule has 376 valence electrons. The second-order valence-corrected chi connectivity index (χ2v) is 21.6. The third kappa shape index (κ3) is 8.90. The van der Waals surface area contributed by atoms with Crippen LogP contribution in [0, 0.1) is 52.3 Å². The Morgan fingerprint density at radius 3 is 1.85 bits per heavy atom. The number of rotatable bonds is 14. The molecule has 4 saturated heterocycles. The number of aliphatic hydroxyl groups is 11. The van der Waals surface area contributed by atoms with Gasteiger partial charge in [0.1, 0.15) is 73.2 Å². The Hall–Kier alpha value is -0.760. The lowest BCUT2D eigenvalue weighted by Gasteiger charge is -2.61. The van der Waals surface area contributed by atoms with Gasteiger partial charge in [-0.2, -0.15) is 0 Å². The molecule has 8 rings (SSSR count). The molecule has 8 fully saturated rings. The van der Waals surface area contributed by atoms with E-state index in [0.717, 1.165) is 44.9 Å². The molecule has 7 unspecified atom stereocenters. The first-order chi connectivity index (χ1) is 30.9. The second kappa shape index (κ2) is 19.8. The van der Waals surface area contributed by atoms with Crippen LogP contribution in [-0.2, 0) is 37.9 Å². The van der Waals surface area contributed by atoms with Gasteiger partial charge < -0.3 is 94.1 Å². The molecular formula is C46H78O19. The molecule has 0 bridgehead atoms. The molecule has 19 heteroatoms. The Kier molecular flexibility index (Phi) is 15.4. The Labute approximate surface area is 381 Å². The predicted molar refractivity (Wildman–Crippen MR) is 224 cm³/mol. The predicted octanol–water partition coefficient (Wildman–Crippen LogP) is -1.13. The van der Waals surface area contributed by atoms with E-state index in [-0.39, 0.29) is 41.5 Å². The highest BCUT2D eigenvalue weighted by Gasteiger charge is 2.69. The van der Waals surface area contributed by atoms with Crippen molar-refractivity contribution in [3.8, 4) is 0 Å². The molecule has 4 aliphatic heterocycles. The van der Waals surface area contributed by atoms with Crippen LogP contribution < -0.4 is 0 Å². The van der Waals surface area contributed by atoms with Crippen molar-refractivity contribution < 1.29 is 94.1 Å². The van der Waals surface area contributed by atoms with Crippen molar-refractivity contribution in [2.75, 3.05) is 33.5 Å². The van der Waals surface area contributed by atoms with Gasteiger partial charge in [-0.1, -0.05) is 27.7 Å². The number of fused-ring (bicyclic) bond motifs is 7. The van der Waals surface area contributed by atoms with E-state index >= 15 is 0 Å². The summed E-state index contributed by atoms with van der Waals surface area (Å²) in [5.74, 6) is 1.67. The summed E-state index contributed by atoms with van der Waals surface area (Å²) in [6, 6.07) is 0. The lowest BCUT2D eigenvalue weighted by atomic mass is 9.44. The maximum absolute atomic E-state index is 11.2. The third-order valence-corrected chi connectivity index (χ3v) is 18.3. The molecule has 0 spiro atoms. The van der Waals surface area contributed by atoms with Gasteiger partial charge in [-0.15, -0.1) is 0 Å². The standard InChI is InChI=1S/C46H78O19/c1-20(19-59-41-38(56)35(53)32(50)28(16-47)61-41)8-13-46(58-5)21(2)31-27(65-46)15-26-24-7-6-22-14-23(9-11-44(22,3)25(24)10-12-45(26,31)4)60-43-40(37(55)34(52)30(18-49)63-43)64-42-39(57)36(54)33(51)29(17-48)62-42/h20-43,47-57H,6-19H2,1-5H3/t20-,21-,22?,23-,24?,25?,26?,27?,28+,29+,30+,31?,32+,33+,34-,35-,36-,37-,38+,39+,40+,41+,42-,43+,44-,45-,46?/m1/s1. The quantitative estimate of drug-likeness (QED) is 0.0920. The zero-order chi connectivity index (χ0) is 46.9. The van der Waals surface area contributed by atoms with Crippen molar-refractivity contribution in [1.29, 1.82) is 0 Å². The Morgan fingerprint density at radius 1 is 0.631 bits per heavy atom. The summed E-state index contributed by atoms with van der Waals surface area (Å²) in [5.41, 5.74) is 0.150. The van der Waals surface area contributed by atoms with E-state index < -0.39 is 118 Å². The summed E-state index contributed by atoms with van der Waals surface area (Å²) >= 11 is 0. The fourth-order valence-electron chi connectivity index (χ4n) is 14.5. The third-order valence-electron chi connectivity index (χ3n) is 18.3. The molecule has 0 aromatic carbocycles. The summed E-state index contributed by atoms with van der Waals surface area (Å²) < 4.78 is 48.8. The average molecular weight is 935 g/mol. The zero-order valence-corrected chi connectivity index (χ0v) is 38.4. The number of aliphatic hydroxyl groups excluding tert-OH is 11. The van der Waals surface area contributed by atoms with Crippen LogP contribution in [0.2, 0.25) is 0 Å². The van der Waals surface area contributed by atoms with Gasteiger partial charge in [0, 0.05) is 19.4 Å². The Morgan fingerprint density at radius 2 is 1.22 bits per heavy atom. The van der Waals surface area contributed by atoms with E-state index in [9.17, 15) is 56.2 Å². The average Bonchev–Trinajstić information content (AvgIpc) is 3.76. The number of methoxy groups -OCH3 is 1. The van der Waals surface area contributed by atoms with E-state index in [1.54, 1.807) is 7.11 Å². The fraction of sp³-hybridized carbons (Fsp3) is 1.00. The molecule has 0 amide bonds. The summed E-state index contributed by atoms with van der Waals surface area (Å²) in [6.45, 7) is 7.69. The number of ether oxygens (including phenoxy) is 8. The molecule has 0 aromatic rings. The van der Waals surface area contributed by atoms with Crippen LogP contribution in [0.25, 0.3) is 0 Å².